The summed E-state index contributed by atoms with van der Waals surface area (Å²) in [6.07, 6.45) is 3.49. The number of ether oxygens (including phenoxy) is 1. The molecule has 0 amide bonds. The maximum Gasteiger partial charge on any atom is 0.278 e. The van der Waals surface area contributed by atoms with Gasteiger partial charge < -0.3 is 9.30 Å². The zero-order chi connectivity index (χ0) is 17.2. The molecule has 0 saturated carbocycles. The largest absolute Gasteiger partial charge is 0.472 e. The van der Waals surface area contributed by atoms with E-state index in [1.54, 1.807) is 19.2 Å². The molecule has 0 saturated heterocycles. The Balaban J connectivity index is 1.57. The molecule has 0 unspecified atom stereocenters. The standard InChI is InChI=1S/C17H14FN5O2/c1-11-17(22-25-21-11)24-10-9-23-8-7-19-16(23)14-6-5-12-3-2-4-13(18)15(12)20-14/h2-8H,9-10H2,1H3. The number of nitrogens with zero attached hydrogens (tertiary/aromatic N) is 5. The van der Waals surface area contributed by atoms with E-state index in [4.69, 9.17) is 4.74 Å². The van der Waals surface area contributed by atoms with Crippen LogP contribution >= 0.6 is 0 Å². The number of imidazole rings is 1. The first kappa shape index (κ1) is 15.3. The summed E-state index contributed by atoms with van der Waals surface area (Å²) in [4.78, 5) is 8.75. The van der Waals surface area contributed by atoms with E-state index < -0.39 is 0 Å². The molecule has 3 heterocycles. The molecule has 4 rings (SSSR count). The Bertz CT molecular complexity index is 1030. The van der Waals surface area contributed by atoms with Gasteiger partial charge in [0.25, 0.3) is 5.88 Å². The van der Waals surface area contributed by atoms with Gasteiger partial charge in [-0.3, -0.25) is 0 Å². The fourth-order valence-corrected chi connectivity index (χ4v) is 2.55. The summed E-state index contributed by atoms with van der Waals surface area (Å²) in [6.45, 7) is 2.64. The van der Waals surface area contributed by atoms with Crippen molar-refractivity contribution < 1.29 is 13.8 Å². The van der Waals surface area contributed by atoms with Crippen LogP contribution in [0.4, 0.5) is 4.39 Å². The fraction of sp³-hybridized carbons (Fsp3) is 0.176. The van der Waals surface area contributed by atoms with E-state index in [0.29, 0.717) is 41.8 Å². The maximum atomic E-state index is 14.0. The van der Waals surface area contributed by atoms with E-state index in [0.717, 1.165) is 5.39 Å². The third-order valence-electron chi connectivity index (χ3n) is 3.80. The van der Waals surface area contributed by atoms with Crippen LogP contribution in [-0.4, -0.2) is 31.5 Å². The van der Waals surface area contributed by atoms with Gasteiger partial charge in [-0.15, -0.1) is 0 Å². The highest BCUT2D eigenvalue weighted by Crippen LogP contribution is 2.21. The predicted molar refractivity (Wildman–Crippen MR) is 87.5 cm³/mol. The van der Waals surface area contributed by atoms with Crippen molar-refractivity contribution in [1.29, 1.82) is 0 Å². The van der Waals surface area contributed by atoms with Crippen LogP contribution in [0, 0.1) is 12.7 Å². The molecule has 0 radical (unpaired) electrons. The zero-order valence-electron chi connectivity index (χ0n) is 13.4. The van der Waals surface area contributed by atoms with Crippen molar-refractivity contribution >= 4 is 10.9 Å². The lowest BCUT2D eigenvalue weighted by atomic mass is 10.2. The summed E-state index contributed by atoms with van der Waals surface area (Å²) in [5.41, 5.74) is 1.52. The van der Waals surface area contributed by atoms with Crippen molar-refractivity contribution in [3.8, 4) is 17.4 Å². The van der Waals surface area contributed by atoms with E-state index in [1.807, 2.05) is 29.0 Å². The van der Waals surface area contributed by atoms with Gasteiger partial charge in [0.1, 0.15) is 29.3 Å². The lowest BCUT2D eigenvalue weighted by Crippen LogP contribution is -2.09. The number of benzene rings is 1. The average molecular weight is 339 g/mol. The van der Waals surface area contributed by atoms with E-state index in [9.17, 15) is 4.39 Å². The SMILES string of the molecule is Cc1nonc1OCCn1ccnc1-c1ccc2cccc(F)c2n1. The van der Waals surface area contributed by atoms with Crippen molar-refractivity contribution in [2.45, 2.75) is 13.5 Å². The van der Waals surface area contributed by atoms with Crippen LogP contribution in [0.3, 0.4) is 0 Å². The smallest absolute Gasteiger partial charge is 0.278 e. The molecule has 0 fully saturated rings. The first-order valence-electron chi connectivity index (χ1n) is 7.71. The molecule has 0 atom stereocenters. The molecule has 0 bridgehead atoms. The second-order valence-electron chi connectivity index (χ2n) is 5.46. The minimum Gasteiger partial charge on any atom is -0.472 e. The second kappa shape index (κ2) is 6.31. The summed E-state index contributed by atoms with van der Waals surface area (Å²) >= 11 is 0. The first-order chi connectivity index (χ1) is 12.2. The molecule has 0 N–H and O–H groups in total. The number of fused-ring (bicyclic) bond motifs is 1. The van der Waals surface area contributed by atoms with Gasteiger partial charge in [0, 0.05) is 17.8 Å². The normalized spacial score (nSPS) is 11.1. The molecule has 0 aliphatic rings. The summed E-state index contributed by atoms with van der Waals surface area (Å²) in [5.74, 6) is 0.658. The van der Waals surface area contributed by atoms with Crippen LogP contribution in [0.1, 0.15) is 5.69 Å². The Hall–Kier alpha value is -3.29. The number of halogens is 1. The van der Waals surface area contributed by atoms with Crippen LogP contribution in [0.2, 0.25) is 0 Å². The molecule has 8 heteroatoms. The molecule has 3 aromatic heterocycles. The number of rotatable bonds is 5. The van der Waals surface area contributed by atoms with Crippen LogP contribution in [0.15, 0.2) is 47.4 Å². The zero-order valence-corrected chi connectivity index (χ0v) is 13.4. The summed E-state index contributed by atoms with van der Waals surface area (Å²) in [7, 11) is 0. The Kier molecular flexibility index (Phi) is 3.85. The number of pyridine rings is 1. The van der Waals surface area contributed by atoms with E-state index in [1.165, 1.54) is 6.07 Å². The van der Waals surface area contributed by atoms with Crippen LogP contribution in [0.25, 0.3) is 22.4 Å². The molecular weight excluding hydrogens is 325 g/mol. The predicted octanol–water partition coefficient (Wildman–Crippen LogP) is 3.01. The van der Waals surface area contributed by atoms with Gasteiger partial charge >= 0.3 is 0 Å². The van der Waals surface area contributed by atoms with Gasteiger partial charge in [-0.1, -0.05) is 23.4 Å². The van der Waals surface area contributed by atoms with E-state index >= 15 is 0 Å². The Labute approximate surface area is 142 Å². The minimum atomic E-state index is -0.352. The third kappa shape index (κ3) is 2.93. The number of aryl methyl sites for hydroxylation is 1. The lowest BCUT2D eigenvalue weighted by molar-refractivity contribution is 0.248. The monoisotopic (exact) mass is 339 g/mol. The van der Waals surface area contributed by atoms with Crippen molar-refractivity contribution in [3.05, 3.63) is 54.2 Å². The third-order valence-corrected chi connectivity index (χ3v) is 3.80. The molecule has 1 aromatic carbocycles. The van der Waals surface area contributed by atoms with Gasteiger partial charge in [0.2, 0.25) is 0 Å². The van der Waals surface area contributed by atoms with Crippen molar-refractivity contribution in [2.75, 3.05) is 6.61 Å². The number of hydrogen-bond acceptors (Lipinski definition) is 6. The second-order valence-corrected chi connectivity index (χ2v) is 5.46. The van der Waals surface area contributed by atoms with Crippen LogP contribution in [0.5, 0.6) is 5.88 Å². The van der Waals surface area contributed by atoms with E-state index in [2.05, 4.69) is 24.9 Å². The number of hydrogen-bond donors (Lipinski definition) is 0. The van der Waals surface area contributed by atoms with Crippen molar-refractivity contribution in [3.63, 3.8) is 0 Å². The van der Waals surface area contributed by atoms with Gasteiger partial charge in [0.15, 0.2) is 5.82 Å². The van der Waals surface area contributed by atoms with Gasteiger partial charge in [-0.05, 0) is 24.2 Å². The number of para-hydroxylation sites is 1. The molecule has 0 aliphatic carbocycles. The highest BCUT2D eigenvalue weighted by atomic mass is 19.1. The van der Waals surface area contributed by atoms with Crippen molar-refractivity contribution in [1.82, 2.24) is 24.8 Å². The summed E-state index contributed by atoms with van der Waals surface area (Å²) < 4.78 is 26.0. The van der Waals surface area contributed by atoms with Crippen LogP contribution < -0.4 is 4.74 Å². The molecule has 126 valence electrons. The molecule has 0 spiro atoms. The van der Waals surface area contributed by atoms with E-state index in [-0.39, 0.29) is 5.82 Å². The molecule has 4 aromatic rings. The highest BCUT2D eigenvalue weighted by molar-refractivity contribution is 5.81. The summed E-state index contributed by atoms with van der Waals surface area (Å²) in [6, 6.07) is 8.55. The lowest BCUT2D eigenvalue weighted by Gasteiger charge is -2.08. The van der Waals surface area contributed by atoms with Gasteiger partial charge in [-0.25, -0.2) is 19.0 Å². The Morgan fingerprint density at radius 2 is 2.12 bits per heavy atom. The van der Waals surface area contributed by atoms with Gasteiger partial charge in [-0.2, -0.15) is 0 Å². The topological polar surface area (TPSA) is 78.9 Å². The first-order valence-corrected chi connectivity index (χ1v) is 7.71. The quantitative estimate of drug-likeness (QED) is 0.556. The highest BCUT2D eigenvalue weighted by Gasteiger charge is 2.11. The molecule has 25 heavy (non-hydrogen) atoms. The fourth-order valence-electron chi connectivity index (χ4n) is 2.55. The molecular formula is C17H14FN5O2. The van der Waals surface area contributed by atoms with Gasteiger partial charge in [0.05, 0.1) is 6.54 Å². The Morgan fingerprint density at radius 3 is 2.96 bits per heavy atom. The summed E-state index contributed by atoms with van der Waals surface area (Å²) in [5, 5.41) is 8.08. The average Bonchev–Trinajstić information content (AvgIpc) is 3.25. The maximum absolute atomic E-state index is 14.0. The minimum absolute atomic E-state index is 0.329. The molecule has 0 aliphatic heterocycles. The number of aromatic nitrogens is 5. The Morgan fingerprint density at radius 1 is 1.20 bits per heavy atom. The molecule has 7 nitrogen and oxygen atoms in total. The van der Waals surface area contributed by atoms with Crippen LogP contribution in [-0.2, 0) is 6.54 Å². The van der Waals surface area contributed by atoms with Crippen molar-refractivity contribution in [2.24, 2.45) is 0 Å².